The van der Waals surface area contributed by atoms with Gasteiger partial charge in [0.2, 0.25) is 5.91 Å². The Morgan fingerprint density at radius 1 is 1.33 bits per heavy atom. The second kappa shape index (κ2) is 7.18. The van der Waals surface area contributed by atoms with E-state index in [2.05, 4.69) is 22.2 Å². The number of hydrogen-bond acceptors (Lipinski definition) is 4. The monoisotopic (exact) mass is 327 g/mol. The molecule has 1 aliphatic rings. The third-order valence-electron chi connectivity index (χ3n) is 4.83. The van der Waals surface area contributed by atoms with E-state index in [1.807, 2.05) is 39.1 Å². The molecule has 3 rings (SSSR count). The predicted octanol–water partition coefficient (Wildman–Crippen LogP) is 2.91. The van der Waals surface area contributed by atoms with E-state index in [1.54, 1.807) is 4.90 Å². The van der Waals surface area contributed by atoms with E-state index in [-0.39, 0.29) is 11.9 Å². The summed E-state index contributed by atoms with van der Waals surface area (Å²) in [6.45, 7) is 6.17. The van der Waals surface area contributed by atoms with Crippen LogP contribution in [0.5, 0.6) is 0 Å². The number of amides is 1. The van der Waals surface area contributed by atoms with Crippen molar-refractivity contribution in [2.75, 3.05) is 13.6 Å². The molecule has 0 saturated carbocycles. The van der Waals surface area contributed by atoms with Crippen molar-refractivity contribution in [3.05, 3.63) is 52.9 Å². The number of rotatable bonds is 5. The van der Waals surface area contributed by atoms with Gasteiger partial charge in [-0.3, -0.25) is 9.69 Å². The highest BCUT2D eigenvalue weighted by Crippen LogP contribution is 2.23. The number of aromatic nitrogens is 1. The first-order valence-corrected chi connectivity index (χ1v) is 8.51. The Balaban J connectivity index is 1.66. The zero-order chi connectivity index (χ0) is 17.1. The van der Waals surface area contributed by atoms with Gasteiger partial charge in [0.15, 0.2) is 0 Å². The summed E-state index contributed by atoms with van der Waals surface area (Å²) >= 11 is 0. The van der Waals surface area contributed by atoms with Gasteiger partial charge in [0, 0.05) is 19.2 Å². The number of carbonyl (C=O) groups excluding carboxylic acids is 1. The van der Waals surface area contributed by atoms with Gasteiger partial charge in [-0.25, -0.2) is 0 Å². The number of likely N-dealkylation sites (N-methyl/N-ethyl adjacent to an activating group) is 1. The molecular formula is C19H25N3O2. The Bertz CT molecular complexity index is 676. The third-order valence-corrected chi connectivity index (χ3v) is 4.83. The van der Waals surface area contributed by atoms with E-state index >= 15 is 0 Å². The molecule has 24 heavy (non-hydrogen) atoms. The van der Waals surface area contributed by atoms with Crippen LogP contribution in [0.3, 0.4) is 0 Å². The van der Waals surface area contributed by atoms with Crippen molar-refractivity contribution in [2.24, 2.45) is 0 Å². The topological polar surface area (TPSA) is 49.6 Å². The third kappa shape index (κ3) is 3.51. The van der Waals surface area contributed by atoms with Crippen molar-refractivity contribution in [3.63, 3.8) is 0 Å². The second-order valence-corrected chi connectivity index (χ2v) is 6.61. The summed E-state index contributed by atoms with van der Waals surface area (Å²) in [5, 5.41) is 3.97. The van der Waals surface area contributed by atoms with Gasteiger partial charge < -0.3 is 9.42 Å². The standard InChI is InChI=1S/C19H25N3O2/c1-14-17(15(2)24-20-14)13-21(3)19(23)18-10-7-11-22(18)12-16-8-5-4-6-9-16/h4-6,8-9,18H,7,10-13H2,1-3H3/t18-/m1/s1. The number of benzene rings is 1. The Kier molecular flexibility index (Phi) is 5.00. The highest BCUT2D eigenvalue weighted by atomic mass is 16.5. The smallest absolute Gasteiger partial charge is 0.239 e. The molecule has 0 radical (unpaired) electrons. The molecule has 0 unspecified atom stereocenters. The van der Waals surface area contributed by atoms with Crippen molar-refractivity contribution in [3.8, 4) is 0 Å². The molecule has 1 aromatic carbocycles. The van der Waals surface area contributed by atoms with Gasteiger partial charge in [-0.05, 0) is 38.8 Å². The van der Waals surface area contributed by atoms with Crippen molar-refractivity contribution >= 4 is 5.91 Å². The number of aryl methyl sites for hydroxylation is 2. The molecule has 128 valence electrons. The van der Waals surface area contributed by atoms with Crippen LogP contribution in [0.4, 0.5) is 0 Å². The number of carbonyl (C=O) groups is 1. The maximum absolute atomic E-state index is 12.9. The number of nitrogens with zero attached hydrogens (tertiary/aromatic N) is 3. The maximum Gasteiger partial charge on any atom is 0.239 e. The van der Waals surface area contributed by atoms with Gasteiger partial charge in [-0.15, -0.1) is 0 Å². The van der Waals surface area contributed by atoms with Crippen molar-refractivity contribution in [2.45, 2.75) is 45.8 Å². The van der Waals surface area contributed by atoms with Crippen LogP contribution in [-0.4, -0.2) is 40.5 Å². The summed E-state index contributed by atoms with van der Waals surface area (Å²) in [4.78, 5) is 17.0. The Labute approximate surface area is 143 Å². The van der Waals surface area contributed by atoms with E-state index in [0.717, 1.165) is 42.9 Å². The van der Waals surface area contributed by atoms with Gasteiger partial charge in [-0.2, -0.15) is 0 Å². The predicted molar refractivity (Wildman–Crippen MR) is 92.3 cm³/mol. The summed E-state index contributed by atoms with van der Waals surface area (Å²) in [7, 11) is 1.87. The minimum atomic E-state index is -0.0318. The molecule has 0 bridgehead atoms. The minimum absolute atomic E-state index is 0.0318. The van der Waals surface area contributed by atoms with Crippen LogP contribution < -0.4 is 0 Å². The molecule has 1 aromatic heterocycles. The van der Waals surface area contributed by atoms with Crippen LogP contribution in [0.2, 0.25) is 0 Å². The quantitative estimate of drug-likeness (QED) is 0.847. The average Bonchev–Trinajstić information content (AvgIpc) is 3.16. The highest BCUT2D eigenvalue weighted by molar-refractivity contribution is 5.82. The van der Waals surface area contributed by atoms with Gasteiger partial charge in [0.25, 0.3) is 0 Å². The van der Waals surface area contributed by atoms with Gasteiger partial charge in [0.05, 0.1) is 18.3 Å². The molecule has 0 N–H and O–H groups in total. The first-order chi connectivity index (χ1) is 11.6. The summed E-state index contributed by atoms with van der Waals surface area (Å²) in [5.74, 6) is 0.975. The van der Waals surface area contributed by atoms with E-state index in [1.165, 1.54) is 5.56 Å². The van der Waals surface area contributed by atoms with Gasteiger partial charge in [-0.1, -0.05) is 35.5 Å². The minimum Gasteiger partial charge on any atom is -0.361 e. The molecule has 1 atom stereocenters. The fraction of sp³-hybridized carbons (Fsp3) is 0.474. The molecule has 1 fully saturated rings. The lowest BCUT2D eigenvalue weighted by molar-refractivity contribution is -0.135. The van der Waals surface area contributed by atoms with E-state index in [0.29, 0.717) is 6.54 Å². The fourth-order valence-electron chi connectivity index (χ4n) is 3.41. The molecule has 0 aliphatic carbocycles. The van der Waals surface area contributed by atoms with E-state index < -0.39 is 0 Å². The van der Waals surface area contributed by atoms with Gasteiger partial charge in [0.1, 0.15) is 5.76 Å². The number of hydrogen-bond donors (Lipinski definition) is 0. The zero-order valence-corrected chi connectivity index (χ0v) is 14.7. The van der Waals surface area contributed by atoms with Crippen LogP contribution in [0.1, 0.15) is 35.4 Å². The van der Waals surface area contributed by atoms with Crippen LogP contribution in [-0.2, 0) is 17.9 Å². The Morgan fingerprint density at radius 2 is 2.08 bits per heavy atom. The first kappa shape index (κ1) is 16.7. The lowest BCUT2D eigenvalue weighted by Gasteiger charge is -2.28. The van der Waals surface area contributed by atoms with Crippen LogP contribution >= 0.6 is 0 Å². The molecule has 1 amide bonds. The summed E-state index contributed by atoms with van der Waals surface area (Å²) in [6.07, 6.45) is 2.00. The Morgan fingerprint density at radius 3 is 2.75 bits per heavy atom. The molecule has 0 spiro atoms. The van der Waals surface area contributed by atoms with Crippen molar-refractivity contribution in [1.29, 1.82) is 0 Å². The van der Waals surface area contributed by atoms with Crippen molar-refractivity contribution < 1.29 is 9.32 Å². The molecule has 5 nitrogen and oxygen atoms in total. The summed E-state index contributed by atoms with van der Waals surface area (Å²) in [5.41, 5.74) is 3.13. The van der Waals surface area contributed by atoms with Crippen molar-refractivity contribution in [1.82, 2.24) is 15.0 Å². The highest BCUT2D eigenvalue weighted by Gasteiger charge is 2.32. The average molecular weight is 327 g/mol. The molecule has 5 heteroatoms. The van der Waals surface area contributed by atoms with E-state index in [9.17, 15) is 4.79 Å². The SMILES string of the molecule is Cc1noc(C)c1CN(C)C(=O)[C@H]1CCCN1Cc1ccccc1. The molecular weight excluding hydrogens is 302 g/mol. The van der Waals surface area contributed by atoms with Crippen LogP contribution in [0, 0.1) is 13.8 Å². The zero-order valence-electron chi connectivity index (χ0n) is 14.7. The largest absolute Gasteiger partial charge is 0.361 e. The molecule has 2 aromatic rings. The Hall–Kier alpha value is -2.14. The maximum atomic E-state index is 12.9. The van der Waals surface area contributed by atoms with Crippen LogP contribution in [0.15, 0.2) is 34.9 Å². The summed E-state index contributed by atoms with van der Waals surface area (Å²) < 4.78 is 5.20. The molecule has 2 heterocycles. The first-order valence-electron chi connectivity index (χ1n) is 8.51. The molecule has 1 saturated heterocycles. The molecule has 1 aliphatic heterocycles. The van der Waals surface area contributed by atoms with Crippen LogP contribution in [0.25, 0.3) is 0 Å². The van der Waals surface area contributed by atoms with E-state index in [4.69, 9.17) is 4.52 Å². The lowest BCUT2D eigenvalue weighted by atomic mass is 10.1. The number of likely N-dealkylation sites (tertiary alicyclic amines) is 1. The van der Waals surface area contributed by atoms with Gasteiger partial charge >= 0.3 is 0 Å². The lowest BCUT2D eigenvalue weighted by Crippen LogP contribution is -2.43. The summed E-state index contributed by atoms with van der Waals surface area (Å²) in [6, 6.07) is 10.3. The fourth-order valence-corrected chi connectivity index (χ4v) is 3.41. The second-order valence-electron chi connectivity index (χ2n) is 6.61. The normalized spacial score (nSPS) is 18.0.